The fraction of sp³-hybridized carbons (Fsp3) is 0.261. The van der Waals surface area contributed by atoms with Crippen molar-refractivity contribution in [1.82, 2.24) is 4.90 Å². The minimum absolute atomic E-state index is 0.0480. The van der Waals surface area contributed by atoms with Crippen molar-refractivity contribution in [2.75, 3.05) is 18.5 Å². The van der Waals surface area contributed by atoms with Gasteiger partial charge in [-0.3, -0.25) is 9.59 Å². The molecule has 1 fully saturated rings. The van der Waals surface area contributed by atoms with Crippen LogP contribution in [-0.4, -0.2) is 35.8 Å². The third-order valence-corrected chi connectivity index (χ3v) is 6.16. The predicted octanol–water partition coefficient (Wildman–Crippen LogP) is 4.38. The van der Waals surface area contributed by atoms with Gasteiger partial charge < -0.3 is 15.0 Å². The van der Waals surface area contributed by atoms with Crippen LogP contribution in [0.5, 0.6) is 0 Å². The first kappa shape index (κ1) is 20.1. The van der Waals surface area contributed by atoms with Crippen molar-refractivity contribution in [3.05, 3.63) is 64.4 Å². The molecule has 0 radical (unpaired) electrons. The largest absolute Gasteiger partial charge is 0.452 e. The van der Waals surface area contributed by atoms with Gasteiger partial charge in [-0.25, -0.2) is 4.79 Å². The Kier molecular flexibility index (Phi) is 5.81. The van der Waals surface area contributed by atoms with Crippen LogP contribution in [0.25, 0.3) is 10.8 Å². The quantitative estimate of drug-likeness (QED) is 0.619. The molecule has 4 rings (SSSR count). The first-order chi connectivity index (χ1) is 14.5. The van der Waals surface area contributed by atoms with Gasteiger partial charge in [-0.1, -0.05) is 30.3 Å². The average Bonchev–Trinajstić information content (AvgIpc) is 3.42. The Morgan fingerprint density at radius 3 is 2.60 bits per heavy atom. The topological polar surface area (TPSA) is 75.7 Å². The molecule has 154 valence electrons. The number of ether oxygens (including phenoxy) is 1. The van der Waals surface area contributed by atoms with Crippen LogP contribution in [0.3, 0.4) is 0 Å². The van der Waals surface area contributed by atoms with E-state index in [2.05, 4.69) is 5.32 Å². The number of anilines is 1. The number of rotatable bonds is 5. The summed E-state index contributed by atoms with van der Waals surface area (Å²) in [5, 5.41) is 6.42. The molecule has 2 heterocycles. The molecule has 6 nitrogen and oxygen atoms in total. The molecular formula is C23H22N2O4S. The number of carbonyl (C=O) groups is 3. The van der Waals surface area contributed by atoms with E-state index in [0.717, 1.165) is 28.5 Å². The molecule has 1 aliphatic heterocycles. The molecule has 7 heteroatoms. The van der Waals surface area contributed by atoms with Crippen LogP contribution in [0, 0.1) is 0 Å². The number of hydrogen-bond donors (Lipinski definition) is 1. The van der Waals surface area contributed by atoms with Gasteiger partial charge in [-0.2, -0.15) is 0 Å². The molecular weight excluding hydrogens is 400 g/mol. The van der Waals surface area contributed by atoms with E-state index in [1.807, 2.05) is 41.8 Å². The summed E-state index contributed by atoms with van der Waals surface area (Å²) < 4.78 is 5.36. The van der Waals surface area contributed by atoms with Gasteiger partial charge in [0.2, 0.25) is 5.91 Å². The first-order valence-corrected chi connectivity index (χ1v) is 10.7. The summed E-state index contributed by atoms with van der Waals surface area (Å²) in [5.41, 5.74) is 0.601. The molecule has 0 aliphatic carbocycles. The molecule has 1 aromatic heterocycles. The van der Waals surface area contributed by atoms with Gasteiger partial charge in [0.25, 0.3) is 5.91 Å². The van der Waals surface area contributed by atoms with Crippen LogP contribution >= 0.6 is 11.3 Å². The summed E-state index contributed by atoms with van der Waals surface area (Å²) >= 11 is 1.63. The molecule has 1 atom stereocenters. The third-order valence-electron chi connectivity index (χ3n) is 5.19. The first-order valence-electron chi connectivity index (χ1n) is 9.83. The Labute approximate surface area is 178 Å². The lowest BCUT2D eigenvalue weighted by atomic mass is 10.0. The van der Waals surface area contributed by atoms with Crippen LogP contribution in [0.1, 0.15) is 41.0 Å². The van der Waals surface area contributed by atoms with E-state index in [4.69, 9.17) is 4.74 Å². The van der Waals surface area contributed by atoms with Gasteiger partial charge in [0.15, 0.2) is 6.61 Å². The van der Waals surface area contributed by atoms with E-state index in [0.29, 0.717) is 12.2 Å². The molecule has 30 heavy (non-hydrogen) atoms. The normalized spacial score (nSPS) is 15.9. The van der Waals surface area contributed by atoms with Crippen molar-refractivity contribution in [1.29, 1.82) is 0 Å². The number of nitrogens with zero attached hydrogens (tertiary/aromatic N) is 1. The smallest absolute Gasteiger partial charge is 0.340 e. The highest BCUT2D eigenvalue weighted by atomic mass is 32.1. The second-order valence-electron chi connectivity index (χ2n) is 7.26. The van der Waals surface area contributed by atoms with Gasteiger partial charge in [0.05, 0.1) is 17.3 Å². The summed E-state index contributed by atoms with van der Waals surface area (Å²) in [6.45, 7) is 1.71. The Morgan fingerprint density at radius 2 is 1.90 bits per heavy atom. The lowest BCUT2D eigenvalue weighted by molar-refractivity contribution is -0.135. The molecule has 0 bridgehead atoms. The maximum atomic E-state index is 12.8. The highest BCUT2D eigenvalue weighted by Gasteiger charge is 2.31. The van der Waals surface area contributed by atoms with E-state index in [1.165, 1.54) is 6.92 Å². The zero-order valence-electron chi connectivity index (χ0n) is 16.6. The van der Waals surface area contributed by atoms with Crippen LogP contribution in [0.2, 0.25) is 0 Å². The summed E-state index contributed by atoms with van der Waals surface area (Å²) in [6.07, 6.45) is 1.84. The van der Waals surface area contributed by atoms with Crippen molar-refractivity contribution in [3.8, 4) is 0 Å². The predicted molar refractivity (Wildman–Crippen MR) is 117 cm³/mol. The number of fused-ring (bicyclic) bond motifs is 1. The van der Waals surface area contributed by atoms with Crippen LogP contribution in [0.15, 0.2) is 53.9 Å². The highest BCUT2D eigenvalue weighted by molar-refractivity contribution is 7.10. The molecule has 2 amide bonds. The summed E-state index contributed by atoms with van der Waals surface area (Å²) in [5.74, 6) is -1.13. The minimum Gasteiger partial charge on any atom is -0.452 e. The number of hydrogen-bond acceptors (Lipinski definition) is 5. The number of benzene rings is 2. The summed E-state index contributed by atoms with van der Waals surface area (Å²) in [4.78, 5) is 40.0. The van der Waals surface area contributed by atoms with Gasteiger partial charge >= 0.3 is 5.97 Å². The molecule has 2 aromatic carbocycles. The standard InChI is InChI=1S/C23H22N2O4S/c1-15(26)24-19-13-17-7-3-2-6-16(17)12-18(19)23(28)29-14-22(27)25-10-4-8-20(25)21-9-5-11-30-21/h2-3,5-7,9,11-13,20H,4,8,10,14H2,1H3,(H,24,26). The Morgan fingerprint density at radius 1 is 1.13 bits per heavy atom. The maximum Gasteiger partial charge on any atom is 0.340 e. The average molecular weight is 423 g/mol. The molecule has 0 spiro atoms. The lowest BCUT2D eigenvalue weighted by Crippen LogP contribution is -2.34. The van der Waals surface area contributed by atoms with Crippen molar-refractivity contribution in [2.45, 2.75) is 25.8 Å². The van der Waals surface area contributed by atoms with Crippen LogP contribution in [-0.2, 0) is 14.3 Å². The van der Waals surface area contributed by atoms with Gasteiger partial charge in [-0.05, 0) is 47.2 Å². The molecule has 1 saturated heterocycles. The molecule has 0 saturated carbocycles. The van der Waals surface area contributed by atoms with Crippen LogP contribution < -0.4 is 5.32 Å². The SMILES string of the molecule is CC(=O)Nc1cc2ccccc2cc1C(=O)OCC(=O)N1CCCC1c1cccs1. The number of esters is 1. The van der Waals surface area contributed by atoms with E-state index >= 15 is 0 Å². The molecule has 1 unspecified atom stereocenters. The fourth-order valence-electron chi connectivity index (χ4n) is 3.83. The van der Waals surface area contributed by atoms with Crippen molar-refractivity contribution in [2.24, 2.45) is 0 Å². The van der Waals surface area contributed by atoms with Crippen molar-refractivity contribution >= 4 is 45.6 Å². The monoisotopic (exact) mass is 422 g/mol. The zero-order chi connectivity index (χ0) is 21.1. The Bertz CT molecular complexity index is 1090. The Balaban J connectivity index is 1.50. The van der Waals surface area contributed by atoms with Crippen molar-refractivity contribution in [3.63, 3.8) is 0 Å². The van der Waals surface area contributed by atoms with Gasteiger partial charge in [0, 0.05) is 18.3 Å². The minimum atomic E-state index is -0.635. The molecule has 3 aromatic rings. The molecule has 1 aliphatic rings. The number of carbonyl (C=O) groups excluding carboxylic acids is 3. The second kappa shape index (κ2) is 8.67. The number of thiophene rings is 1. The summed E-state index contributed by atoms with van der Waals surface area (Å²) in [7, 11) is 0. The number of amides is 2. The van der Waals surface area contributed by atoms with E-state index in [1.54, 1.807) is 28.4 Å². The summed E-state index contributed by atoms with van der Waals surface area (Å²) in [6, 6.07) is 15.0. The van der Waals surface area contributed by atoms with Crippen molar-refractivity contribution < 1.29 is 19.1 Å². The fourth-order valence-corrected chi connectivity index (χ4v) is 4.71. The second-order valence-corrected chi connectivity index (χ2v) is 8.24. The van der Waals surface area contributed by atoms with Gasteiger partial charge in [-0.15, -0.1) is 11.3 Å². The third kappa shape index (κ3) is 4.21. The Hall–Kier alpha value is -3.19. The number of nitrogens with one attached hydrogen (secondary N) is 1. The van der Waals surface area contributed by atoms with E-state index < -0.39 is 5.97 Å². The lowest BCUT2D eigenvalue weighted by Gasteiger charge is -2.23. The van der Waals surface area contributed by atoms with Crippen LogP contribution in [0.4, 0.5) is 5.69 Å². The van der Waals surface area contributed by atoms with E-state index in [-0.39, 0.29) is 30.0 Å². The zero-order valence-corrected chi connectivity index (χ0v) is 17.4. The van der Waals surface area contributed by atoms with Gasteiger partial charge in [0.1, 0.15) is 0 Å². The highest BCUT2D eigenvalue weighted by Crippen LogP contribution is 2.34. The number of likely N-dealkylation sites (tertiary alicyclic amines) is 1. The maximum absolute atomic E-state index is 12.8. The van der Waals surface area contributed by atoms with E-state index in [9.17, 15) is 14.4 Å². The molecule has 1 N–H and O–H groups in total.